The second kappa shape index (κ2) is 7.39. The van der Waals surface area contributed by atoms with Crippen molar-refractivity contribution in [2.45, 2.75) is 64.3 Å². The summed E-state index contributed by atoms with van der Waals surface area (Å²) < 4.78 is 32.6. The van der Waals surface area contributed by atoms with Crippen LogP contribution in [0.5, 0.6) is 0 Å². The van der Waals surface area contributed by atoms with Gasteiger partial charge in [0.15, 0.2) is 7.14 Å². The molecule has 3 rings (SSSR count). The lowest BCUT2D eigenvalue weighted by Crippen LogP contribution is -2.25. The largest absolute Gasteiger partial charge is 0.547 e. The molecule has 1 saturated heterocycles. The van der Waals surface area contributed by atoms with Crippen molar-refractivity contribution in [3.8, 4) is 0 Å². The van der Waals surface area contributed by atoms with Gasteiger partial charge in [-0.1, -0.05) is 30.3 Å². The maximum atomic E-state index is 14.2. The Hall–Kier alpha value is -1.08. The van der Waals surface area contributed by atoms with Gasteiger partial charge < -0.3 is 18.2 Å². The summed E-state index contributed by atoms with van der Waals surface area (Å²) in [7, 11) is -6.58. The molecule has 27 heavy (non-hydrogen) atoms. The lowest BCUT2D eigenvalue weighted by Gasteiger charge is -2.24. The summed E-state index contributed by atoms with van der Waals surface area (Å²) in [5.74, 6) is 5.33. The van der Waals surface area contributed by atoms with Crippen LogP contribution in [0.4, 0.5) is 0 Å². The quantitative estimate of drug-likeness (QED) is 0.351. The van der Waals surface area contributed by atoms with Crippen LogP contribution in [0.3, 0.4) is 0 Å². The van der Waals surface area contributed by atoms with Gasteiger partial charge in [-0.2, -0.15) is 0 Å². The van der Waals surface area contributed by atoms with Gasteiger partial charge >= 0.3 is 0 Å². The molecule has 1 aromatic rings. The smallest absolute Gasteiger partial charge is 0.241 e. The van der Waals surface area contributed by atoms with Gasteiger partial charge in [-0.25, -0.2) is 0 Å². The summed E-state index contributed by atoms with van der Waals surface area (Å²) in [5, 5.41) is 0.815. The van der Waals surface area contributed by atoms with Crippen molar-refractivity contribution < 1.29 is 18.2 Å². The van der Waals surface area contributed by atoms with Gasteiger partial charge in [0, 0.05) is 29.8 Å². The Morgan fingerprint density at radius 2 is 1.30 bits per heavy atom. The summed E-state index contributed by atoms with van der Waals surface area (Å²) in [6, 6.07) is 9.67. The van der Waals surface area contributed by atoms with Crippen molar-refractivity contribution in [3.63, 3.8) is 0 Å². The number of rotatable bonds is 5. The van der Waals surface area contributed by atoms with E-state index < -0.39 is 23.8 Å². The van der Waals surface area contributed by atoms with Crippen molar-refractivity contribution in [2.75, 3.05) is 0 Å². The molecule has 0 aliphatic carbocycles. The van der Waals surface area contributed by atoms with E-state index in [0.717, 1.165) is 16.8 Å². The summed E-state index contributed by atoms with van der Waals surface area (Å²) in [6.07, 6.45) is 1.62. The van der Waals surface area contributed by atoms with E-state index in [2.05, 4.69) is 39.3 Å². The maximum Gasteiger partial charge on any atom is 0.241 e. The zero-order valence-corrected chi connectivity index (χ0v) is 20.1. The van der Waals surface area contributed by atoms with Crippen LogP contribution in [0, 0.1) is 0 Å². The van der Waals surface area contributed by atoms with Crippen molar-refractivity contribution in [1.82, 2.24) is 0 Å². The molecule has 0 amide bonds. The van der Waals surface area contributed by atoms with Crippen LogP contribution in [0.15, 0.2) is 53.5 Å². The Kier molecular flexibility index (Phi) is 5.66. The third-order valence-electron chi connectivity index (χ3n) is 4.20. The number of ether oxygens (including phenoxy) is 1. The summed E-state index contributed by atoms with van der Waals surface area (Å²) in [4.78, 5) is 0. The first-order chi connectivity index (χ1) is 12.4. The molecule has 148 valence electrons. The van der Waals surface area contributed by atoms with Gasteiger partial charge in [0.1, 0.15) is 0 Å². The molecule has 0 saturated carbocycles. The Balaban J connectivity index is 2.08. The van der Waals surface area contributed by atoms with E-state index in [0.29, 0.717) is 12.8 Å². The topological polar surface area (TPSA) is 48.1 Å². The van der Waals surface area contributed by atoms with Gasteiger partial charge in [0.05, 0.1) is 23.7 Å². The fourth-order valence-corrected chi connectivity index (χ4v) is 7.48. The third kappa shape index (κ3) is 5.95. The molecule has 2 aliphatic heterocycles. The molecule has 2 unspecified atom stereocenters. The van der Waals surface area contributed by atoms with E-state index in [1.165, 1.54) is 0 Å². The van der Waals surface area contributed by atoms with Gasteiger partial charge in [-0.3, -0.25) is 0 Å². The summed E-state index contributed by atoms with van der Waals surface area (Å²) in [5.41, 5.74) is 0. The van der Waals surface area contributed by atoms with Gasteiger partial charge in [-0.05, 0) is 39.3 Å². The van der Waals surface area contributed by atoms with E-state index in [1.54, 1.807) is 0 Å². The molecule has 0 radical (unpaired) electrons. The van der Waals surface area contributed by atoms with Crippen LogP contribution in [-0.4, -0.2) is 28.8 Å². The first kappa shape index (κ1) is 20.7. The molecule has 0 spiro atoms. The minimum absolute atomic E-state index is 0.128. The highest BCUT2D eigenvalue weighted by Gasteiger charge is 2.43. The Bertz CT molecular complexity index is 746. The summed E-state index contributed by atoms with van der Waals surface area (Å²) >= 11 is 0. The lowest BCUT2D eigenvalue weighted by molar-refractivity contribution is 0.324. The second-order valence-corrected chi connectivity index (χ2v) is 20.6. The van der Waals surface area contributed by atoms with Crippen molar-refractivity contribution in [1.29, 1.82) is 0 Å². The first-order valence-electron chi connectivity index (χ1n) is 9.56. The van der Waals surface area contributed by atoms with Crippen LogP contribution < -0.4 is 5.30 Å². The van der Waals surface area contributed by atoms with Gasteiger partial charge in [-0.15, -0.1) is 0 Å². The number of epoxide rings is 1. The number of benzene rings is 1. The van der Waals surface area contributed by atoms with E-state index in [-0.39, 0.29) is 12.2 Å². The minimum Gasteiger partial charge on any atom is -0.547 e. The maximum absolute atomic E-state index is 14.2. The zero-order valence-electron chi connectivity index (χ0n) is 17.2. The molecule has 0 N–H and O–H groups in total. The monoisotopic (exact) mass is 422 g/mol. The highest BCUT2D eigenvalue weighted by Crippen LogP contribution is 2.53. The van der Waals surface area contributed by atoms with Crippen LogP contribution in [0.1, 0.15) is 12.8 Å². The highest BCUT2D eigenvalue weighted by molar-refractivity contribution is 7.77. The number of hydrogen-bond donors (Lipinski definition) is 0. The predicted octanol–water partition coefficient (Wildman–Crippen LogP) is 5.62. The highest BCUT2D eigenvalue weighted by atomic mass is 31.2. The van der Waals surface area contributed by atoms with Gasteiger partial charge in [0.2, 0.25) is 16.6 Å². The molecule has 2 heterocycles. The average molecular weight is 423 g/mol. The molecule has 7 heteroatoms. The third-order valence-corrected chi connectivity index (χ3v) is 8.40. The number of hydrogen-bond acceptors (Lipinski definition) is 4. The lowest BCUT2D eigenvalue weighted by atomic mass is 10.1. The molecule has 2 aliphatic rings. The zero-order chi connectivity index (χ0) is 19.9. The van der Waals surface area contributed by atoms with Crippen molar-refractivity contribution >= 4 is 29.1 Å². The molecular formula is C20H31O4PSi2. The van der Waals surface area contributed by atoms with E-state index in [9.17, 15) is 4.57 Å². The SMILES string of the molecule is C[Si](C)(C)O/C1=C/P(=O)(c2ccccc2)/C=C(/O[Si](C)(C)C)CC2OC2C1. The molecule has 4 nitrogen and oxygen atoms in total. The van der Waals surface area contributed by atoms with Crippen LogP contribution in [0.2, 0.25) is 39.3 Å². The van der Waals surface area contributed by atoms with E-state index >= 15 is 0 Å². The van der Waals surface area contributed by atoms with Crippen molar-refractivity contribution in [2.24, 2.45) is 0 Å². The fourth-order valence-electron chi connectivity index (χ4n) is 3.24. The standard InChI is InChI=1S/C20H31O4PSi2/c1-26(2,3)23-16-12-19-20(22-19)13-17(24-27(4,5)6)15-25(21,14-16)18-10-8-7-9-11-18/h7-11,14-15,19-20H,12-13H2,1-6H3/b16-14+,17-15+. The van der Waals surface area contributed by atoms with E-state index in [1.807, 2.05) is 42.0 Å². The molecule has 1 aromatic carbocycles. The second-order valence-electron chi connectivity index (χ2n) is 9.29. The number of fused-ring (bicyclic) bond motifs is 1. The minimum atomic E-state index is -2.94. The fraction of sp³-hybridized carbons (Fsp3) is 0.500. The average Bonchev–Trinajstić information content (AvgIpc) is 3.20. The molecular weight excluding hydrogens is 391 g/mol. The Morgan fingerprint density at radius 3 is 1.70 bits per heavy atom. The van der Waals surface area contributed by atoms with Gasteiger partial charge in [0.25, 0.3) is 0 Å². The van der Waals surface area contributed by atoms with Crippen molar-refractivity contribution in [3.05, 3.63) is 53.5 Å². The Labute approximate surface area is 165 Å². The molecule has 1 fully saturated rings. The predicted molar refractivity (Wildman–Crippen MR) is 117 cm³/mol. The molecule has 0 aromatic heterocycles. The molecule has 2 atom stereocenters. The summed E-state index contributed by atoms with van der Waals surface area (Å²) in [6.45, 7) is 12.9. The van der Waals surface area contributed by atoms with Crippen LogP contribution in [0.25, 0.3) is 0 Å². The van der Waals surface area contributed by atoms with Crippen LogP contribution >= 0.6 is 7.14 Å². The normalized spacial score (nSPS) is 32.5. The van der Waals surface area contributed by atoms with Crippen LogP contribution in [-0.2, 0) is 18.2 Å². The first-order valence-corrected chi connectivity index (χ1v) is 18.2. The molecule has 0 bridgehead atoms. The Morgan fingerprint density at radius 1 is 0.852 bits per heavy atom. The van der Waals surface area contributed by atoms with E-state index in [4.69, 9.17) is 13.6 Å².